The van der Waals surface area contributed by atoms with Crippen molar-refractivity contribution in [3.63, 3.8) is 0 Å². The van der Waals surface area contributed by atoms with Crippen LogP contribution < -0.4 is 16.0 Å². The summed E-state index contributed by atoms with van der Waals surface area (Å²) in [5.41, 5.74) is 8.16. The van der Waals surface area contributed by atoms with E-state index in [2.05, 4.69) is 18.3 Å². The monoisotopic (exact) mass is 489 g/mol. The van der Waals surface area contributed by atoms with Gasteiger partial charge in [-0.05, 0) is 55.1 Å². The fraction of sp³-hybridized carbons (Fsp3) is 0.714. The van der Waals surface area contributed by atoms with Gasteiger partial charge in [0.05, 0.1) is 6.10 Å². The van der Waals surface area contributed by atoms with E-state index in [1.165, 1.54) is 5.56 Å². The SMILES string of the molecule is CCCCNC(=O)[C@H](C)C[C@H](O)[C@@H](N)CC(C)(C)CC(=O)N1CC(CCOC)Cc2ccccc21. The van der Waals surface area contributed by atoms with E-state index in [1.54, 1.807) is 7.11 Å². The summed E-state index contributed by atoms with van der Waals surface area (Å²) in [6.07, 6.45) is 4.17. The zero-order valence-electron chi connectivity index (χ0n) is 22.4. The van der Waals surface area contributed by atoms with Crippen molar-refractivity contribution >= 4 is 17.5 Å². The second-order valence-electron chi connectivity index (χ2n) is 11.0. The Balaban J connectivity index is 1.96. The average Bonchev–Trinajstić information content (AvgIpc) is 2.81. The molecule has 7 nitrogen and oxygen atoms in total. The van der Waals surface area contributed by atoms with E-state index in [0.717, 1.165) is 31.4 Å². The molecule has 0 aliphatic carbocycles. The Morgan fingerprint density at radius 3 is 2.71 bits per heavy atom. The van der Waals surface area contributed by atoms with E-state index in [0.29, 0.717) is 44.9 Å². The molecule has 35 heavy (non-hydrogen) atoms. The smallest absolute Gasteiger partial charge is 0.227 e. The lowest BCUT2D eigenvalue weighted by molar-refractivity contribution is -0.125. The molecule has 4 N–H and O–H groups in total. The number of hydrogen-bond donors (Lipinski definition) is 3. The summed E-state index contributed by atoms with van der Waals surface area (Å²) in [4.78, 5) is 27.7. The Morgan fingerprint density at radius 1 is 1.31 bits per heavy atom. The fourth-order valence-electron chi connectivity index (χ4n) is 4.95. The predicted molar refractivity (Wildman–Crippen MR) is 141 cm³/mol. The second kappa shape index (κ2) is 14.0. The van der Waals surface area contributed by atoms with Crippen molar-refractivity contribution < 1.29 is 19.4 Å². The minimum Gasteiger partial charge on any atom is -0.391 e. The summed E-state index contributed by atoms with van der Waals surface area (Å²) in [6.45, 7) is 9.97. The molecule has 0 radical (unpaired) electrons. The number of nitrogens with one attached hydrogen (secondary N) is 1. The number of fused-ring (bicyclic) bond motifs is 1. The van der Waals surface area contributed by atoms with Gasteiger partial charge in [0.2, 0.25) is 11.8 Å². The zero-order valence-corrected chi connectivity index (χ0v) is 22.4. The second-order valence-corrected chi connectivity index (χ2v) is 11.0. The van der Waals surface area contributed by atoms with Gasteiger partial charge in [-0.1, -0.05) is 52.3 Å². The lowest BCUT2D eigenvalue weighted by atomic mass is 9.79. The van der Waals surface area contributed by atoms with Crippen LogP contribution in [-0.2, 0) is 20.7 Å². The van der Waals surface area contributed by atoms with E-state index in [9.17, 15) is 14.7 Å². The lowest BCUT2D eigenvalue weighted by Gasteiger charge is -2.37. The highest BCUT2D eigenvalue weighted by Gasteiger charge is 2.34. The standard InChI is InChI=1S/C28H47N3O4/c1-6-7-13-30-27(34)20(2)15-25(32)23(29)17-28(3,4)18-26(33)31-19-21(12-14-35-5)16-22-10-8-9-11-24(22)31/h8-11,20-21,23,25,32H,6-7,12-19,29H2,1-5H3,(H,30,34)/t20-,21?,23+,25+/m1/s1. The first kappa shape index (κ1) is 29.3. The molecule has 198 valence electrons. The van der Waals surface area contributed by atoms with Crippen molar-refractivity contribution in [1.29, 1.82) is 0 Å². The summed E-state index contributed by atoms with van der Waals surface area (Å²) in [5.74, 6) is 0.0818. The summed E-state index contributed by atoms with van der Waals surface area (Å²) in [7, 11) is 1.71. The molecule has 4 atom stereocenters. The van der Waals surface area contributed by atoms with Crippen LogP contribution in [0.15, 0.2) is 24.3 Å². The average molecular weight is 490 g/mol. The number of para-hydroxylation sites is 1. The van der Waals surface area contributed by atoms with Gasteiger partial charge in [0.15, 0.2) is 0 Å². The molecule has 0 spiro atoms. The summed E-state index contributed by atoms with van der Waals surface area (Å²) >= 11 is 0. The summed E-state index contributed by atoms with van der Waals surface area (Å²) < 4.78 is 5.28. The van der Waals surface area contributed by atoms with Crippen LogP contribution in [0.3, 0.4) is 0 Å². The topological polar surface area (TPSA) is 105 Å². The molecular formula is C28H47N3O4. The van der Waals surface area contributed by atoms with Crippen molar-refractivity contribution in [1.82, 2.24) is 5.32 Å². The molecule has 1 aliphatic heterocycles. The molecular weight excluding hydrogens is 442 g/mol. The van der Waals surface area contributed by atoms with Crippen molar-refractivity contribution in [2.45, 2.75) is 84.8 Å². The lowest BCUT2D eigenvalue weighted by Crippen LogP contribution is -2.44. The van der Waals surface area contributed by atoms with Crippen LogP contribution in [0.1, 0.15) is 71.8 Å². The van der Waals surface area contributed by atoms with Crippen LogP contribution in [0.25, 0.3) is 0 Å². The fourth-order valence-corrected chi connectivity index (χ4v) is 4.95. The largest absolute Gasteiger partial charge is 0.391 e. The number of carbonyl (C=O) groups is 2. The van der Waals surface area contributed by atoms with Crippen LogP contribution in [0, 0.1) is 17.3 Å². The molecule has 1 unspecified atom stereocenters. The van der Waals surface area contributed by atoms with Crippen LogP contribution in [0.5, 0.6) is 0 Å². The van der Waals surface area contributed by atoms with Crippen LogP contribution in [0.2, 0.25) is 0 Å². The number of aliphatic hydroxyl groups excluding tert-OH is 1. The number of unbranched alkanes of at least 4 members (excludes halogenated alkanes) is 1. The third-order valence-corrected chi connectivity index (χ3v) is 7.05. The number of nitrogens with zero attached hydrogens (tertiary/aromatic N) is 1. The summed E-state index contributed by atoms with van der Waals surface area (Å²) in [6, 6.07) is 7.62. The maximum Gasteiger partial charge on any atom is 0.227 e. The number of anilines is 1. The number of hydrogen-bond acceptors (Lipinski definition) is 5. The number of rotatable bonds is 14. The molecule has 0 fully saturated rings. The number of carbonyl (C=O) groups excluding carboxylic acids is 2. The Labute approximate surface area is 211 Å². The van der Waals surface area contributed by atoms with Crippen molar-refractivity contribution in [3.05, 3.63) is 29.8 Å². The van der Waals surface area contributed by atoms with Crippen LogP contribution in [0.4, 0.5) is 5.69 Å². The van der Waals surface area contributed by atoms with Gasteiger partial charge in [-0.2, -0.15) is 0 Å². The van der Waals surface area contributed by atoms with Crippen LogP contribution in [-0.4, -0.2) is 55.9 Å². The zero-order chi connectivity index (χ0) is 26.0. The number of aliphatic hydroxyl groups is 1. The Morgan fingerprint density at radius 2 is 2.03 bits per heavy atom. The van der Waals surface area contributed by atoms with E-state index < -0.39 is 17.6 Å². The number of nitrogens with two attached hydrogens (primary N) is 1. The van der Waals surface area contributed by atoms with Gasteiger partial charge in [0.1, 0.15) is 0 Å². The highest BCUT2D eigenvalue weighted by molar-refractivity contribution is 5.95. The van der Waals surface area contributed by atoms with E-state index >= 15 is 0 Å². The first-order valence-corrected chi connectivity index (χ1v) is 13.2. The normalized spacial score (nSPS) is 18.5. The molecule has 1 aromatic rings. The Hall–Kier alpha value is -1.96. The number of benzene rings is 1. The Kier molecular flexibility index (Phi) is 11.7. The third-order valence-electron chi connectivity index (χ3n) is 7.05. The van der Waals surface area contributed by atoms with E-state index in [1.807, 2.05) is 43.9 Å². The molecule has 2 rings (SSSR count). The van der Waals surface area contributed by atoms with Gasteiger partial charge < -0.3 is 25.8 Å². The van der Waals surface area contributed by atoms with E-state index in [4.69, 9.17) is 10.5 Å². The maximum atomic E-state index is 13.5. The molecule has 1 aromatic carbocycles. The van der Waals surface area contributed by atoms with Gasteiger partial charge in [-0.3, -0.25) is 9.59 Å². The molecule has 0 aromatic heterocycles. The Bertz CT molecular complexity index is 813. The van der Waals surface area contributed by atoms with Gasteiger partial charge in [0.25, 0.3) is 0 Å². The van der Waals surface area contributed by atoms with Crippen molar-refractivity contribution in [3.8, 4) is 0 Å². The third kappa shape index (κ3) is 9.21. The van der Waals surface area contributed by atoms with Gasteiger partial charge in [-0.15, -0.1) is 0 Å². The number of ether oxygens (including phenoxy) is 1. The molecule has 0 bridgehead atoms. The minimum atomic E-state index is -0.801. The van der Waals surface area contributed by atoms with Gasteiger partial charge in [-0.25, -0.2) is 0 Å². The van der Waals surface area contributed by atoms with Gasteiger partial charge in [0, 0.05) is 50.9 Å². The molecule has 7 heteroatoms. The molecule has 0 saturated carbocycles. The molecule has 1 heterocycles. The summed E-state index contributed by atoms with van der Waals surface area (Å²) in [5, 5.41) is 13.6. The maximum absolute atomic E-state index is 13.5. The van der Waals surface area contributed by atoms with E-state index in [-0.39, 0.29) is 17.7 Å². The van der Waals surface area contributed by atoms with Crippen LogP contribution >= 0.6 is 0 Å². The van der Waals surface area contributed by atoms with Crippen molar-refractivity contribution in [2.75, 3.05) is 31.7 Å². The highest BCUT2D eigenvalue weighted by atomic mass is 16.5. The number of amides is 2. The van der Waals surface area contributed by atoms with Gasteiger partial charge >= 0.3 is 0 Å². The molecule has 2 amide bonds. The quantitative estimate of drug-likeness (QED) is 0.346. The van der Waals surface area contributed by atoms with Crippen molar-refractivity contribution in [2.24, 2.45) is 23.0 Å². The first-order valence-electron chi connectivity index (χ1n) is 13.2. The highest BCUT2D eigenvalue weighted by Crippen LogP contribution is 2.35. The number of methoxy groups -OCH3 is 1. The first-order chi connectivity index (χ1) is 16.6. The molecule has 1 aliphatic rings. The minimum absolute atomic E-state index is 0.0501. The molecule has 0 saturated heterocycles. The predicted octanol–water partition coefficient (Wildman–Crippen LogP) is 3.67.